The number of aromatic nitrogens is 2. The molecule has 2 fully saturated rings. The molecule has 0 aromatic carbocycles. The van der Waals surface area contributed by atoms with Crippen molar-refractivity contribution in [3.63, 3.8) is 0 Å². The summed E-state index contributed by atoms with van der Waals surface area (Å²) in [5, 5.41) is 4.60. The smallest absolute Gasteiger partial charge is 0.224 e. The summed E-state index contributed by atoms with van der Waals surface area (Å²) in [5.41, 5.74) is 2.19. The maximum absolute atomic E-state index is 12.9. The van der Waals surface area contributed by atoms with Crippen LogP contribution in [0.5, 0.6) is 0 Å². The topological polar surface area (TPSA) is 58.4 Å². The highest BCUT2D eigenvalue weighted by atomic mass is 16.2. The molecule has 0 aliphatic carbocycles. The lowest BCUT2D eigenvalue weighted by atomic mass is 9.97. The van der Waals surface area contributed by atoms with Crippen molar-refractivity contribution in [3.05, 3.63) is 17.5 Å². The van der Waals surface area contributed by atoms with Crippen molar-refractivity contribution in [3.8, 4) is 0 Å². The number of aryl methyl sites for hydroxylation is 2. The van der Waals surface area contributed by atoms with E-state index in [0.29, 0.717) is 6.42 Å². The van der Waals surface area contributed by atoms with Crippen molar-refractivity contribution < 1.29 is 9.59 Å². The standard InChI is InChI=1S/C19H30N4O2/c1-14-11-15(2)23(20-14)18-8-6-9-21(13-18)19(25)12-17-7-4-5-10-22(17)16(3)24/h11,17-18H,4-10,12-13H2,1-3H3/t17-,18+/m1/s1. The Morgan fingerprint density at radius 1 is 1.16 bits per heavy atom. The van der Waals surface area contributed by atoms with Crippen molar-refractivity contribution in [2.45, 2.75) is 71.4 Å². The number of piperidine rings is 2. The predicted molar refractivity (Wildman–Crippen MR) is 96.2 cm³/mol. The van der Waals surface area contributed by atoms with Crippen LogP contribution in [0.3, 0.4) is 0 Å². The zero-order chi connectivity index (χ0) is 18.0. The van der Waals surface area contributed by atoms with Crippen molar-refractivity contribution in [2.75, 3.05) is 19.6 Å². The molecule has 25 heavy (non-hydrogen) atoms. The summed E-state index contributed by atoms with van der Waals surface area (Å²) in [6.45, 7) is 8.04. The molecule has 0 radical (unpaired) electrons. The minimum absolute atomic E-state index is 0.0767. The Hall–Kier alpha value is -1.85. The van der Waals surface area contributed by atoms with Crippen LogP contribution in [0.1, 0.15) is 62.9 Å². The van der Waals surface area contributed by atoms with Crippen LogP contribution in [-0.4, -0.2) is 57.1 Å². The minimum atomic E-state index is 0.0767. The van der Waals surface area contributed by atoms with E-state index in [-0.39, 0.29) is 23.9 Å². The average Bonchev–Trinajstić information content (AvgIpc) is 2.93. The highest BCUT2D eigenvalue weighted by Crippen LogP contribution is 2.25. The van der Waals surface area contributed by atoms with Crippen molar-refractivity contribution in [2.24, 2.45) is 0 Å². The van der Waals surface area contributed by atoms with Gasteiger partial charge in [-0.25, -0.2) is 0 Å². The van der Waals surface area contributed by atoms with E-state index in [1.165, 1.54) is 0 Å². The lowest BCUT2D eigenvalue weighted by Gasteiger charge is -2.38. The van der Waals surface area contributed by atoms with E-state index >= 15 is 0 Å². The van der Waals surface area contributed by atoms with E-state index in [4.69, 9.17) is 0 Å². The summed E-state index contributed by atoms with van der Waals surface area (Å²) in [6, 6.07) is 2.43. The van der Waals surface area contributed by atoms with Gasteiger partial charge in [0.2, 0.25) is 11.8 Å². The number of likely N-dealkylation sites (tertiary alicyclic amines) is 2. The van der Waals surface area contributed by atoms with Crippen LogP contribution in [0.15, 0.2) is 6.07 Å². The van der Waals surface area contributed by atoms with Crippen LogP contribution >= 0.6 is 0 Å². The molecule has 2 aliphatic rings. The van der Waals surface area contributed by atoms with E-state index in [9.17, 15) is 9.59 Å². The molecule has 0 bridgehead atoms. The van der Waals surface area contributed by atoms with E-state index in [0.717, 1.165) is 63.1 Å². The second-order valence-corrected chi connectivity index (χ2v) is 7.57. The number of carbonyl (C=O) groups excluding carboxylic acids is 2. The van der Waals surface area contributed by atoms with Crippen LogP contribution in [0.4, 0.5) is 0 Å². The molecule has 2 atom stereocenters. The molecule has 6 heteroatoms. The van der Waals surface area contributed by atoms with Crippen LogP contribution in [0.2, 0.25) is 0 Å². The zero-order valence-corrected chi connectivity index (χ0v) is 15.7. The summed E-state index contributed by atoms with van der Waals surface area (Å²) < 4.78 is 2.08. The summed E-state index contributed by atoms with van der Waals surface area (Å²) in [5.74, 6) is 0.279. The van der Waals surface area contributed by atoms with Crippen molar-refractivity contribution >= 4 is 11.8 Å². The number of amides is 2. The van der Waals surface area contributed by atoms with Crippen LogP contribution in [-0.2, 0) is 9.59 Å². The zero-order valence-electron chi connectivity index (χ0n) is 15.7. The van der Waals surface area contributed by atoms with Gasteiger partial charge in [0.15, 0.2) is 0 Å². The maximum Gasteiger partial charge on any atom is 0.224 e. The predicted octanol–water partition coefficient (Wildman–Crippen LogP) is 2.45. The quantitative estimate of drug-likeness (QED) is 0.845. The Morgan fingerprint density at radius 3 is 2.64 bits per heavy atom. The van der Waals surface area contributed by atoms with E-state index < -0.39 is 0 Å². The number of nitrogens with zero attached hydrogens (tertiary/aromatic N) is 4. The Labute approximate surface area is 150 Å². The molecule has 138 valence electrons. The summed E-state index contributed by atoms with van der Waals surface area (Å²) in [7, 11) is 0. The first-order valence-electron chi connectivity index (χ1n) is 9.53. The molecule has 6 nitrogen and oxygen atoms in total. The molecular weight excluding hydrogens is 316 g/mol. The Morgan fingerprint density at radius 2 is 1.96 bits per heavy atom. The SMILES string of the molecule is CC(=O)N1CCCC[C@@H]1CC(=O)N1CCC[C@H](n2nc(C)cc2C)C1. The molecule has 2 aliphatic heterocycles. The molecular formula is C19H30N4O2. The molecule has 0 unspecified atom stereocenters. The fourth-order valence-electron chi connectivity index (χ4n) is 4.35. The van der Waals surface area contributed by atoms with Crippen LogP contribution in [0.25, 0.3) is 0 Å². The maximum atomic E-state index is 12.9. The van der Waals surface area contributed by atoms with E-state index in [1.54, 1.807) is 6.92 Å². The first-order chi connectivity index (χ1) is 12.0. The second kappa shape index (κ2) is 7.58. The molecule has 3 rings (SSSR count). The molecule has 3 heterocycles. The van der Waals surface area contributed by atoms with Gasteiger partial charge in [-0.1, -0.05) is 0 Å². The van der Waals surface area contributed by atoms with Gasteiger partial charge in [-0.15, -0.1) is 0 Å². The summed E-state index contributed by atoms with van der Waals surface area (Å²) >= 11 is 0. The van der Waals surface area contributed by atoms with Gasteiger partial charge >= 0.3 is 0 Å². The first kappa shape index (κ1) is 18.0. The van der Waals surface area contributed by atoms with E-state index in [1.807, 2.05) is 16.7 Å². The van der Waals surface area contributed by atoms with Crippen molar-refractivity contribution in [1.29, 1.82) is 0 Å². The van der Waals surface area contributed by atoms with Gasteiger partial charge < -0.3 is 9.80 Å². The molecule has 0 saturated carbocycles. The third-order valence-corrected chi connectivity index (χ3v) is 5.58. The van der Waals surface area contributed by atoms with Gasteiger partial charge in [-0.2, -0.15) is 5.10 Å². The number of carbonyl (C=O) groups is 2. The monoisotopic (exact) mass is 346 g/mol. The molecule has 1 aromatic rings. The van der Waals surface area contributed by atoms with Crippen LogP contribution in [0, 0.1) is 13.8 Å². The van der Waals surface area contributed by atoms with Gasteiger partial charge in [0, 0.05) is 44.7 Å². The van der Waals surface area contributed by atoms with Crippen LogP contribution < -0.4 is 0 Å². The highest BCUT2D eigenvalue weighted by Gasteiger charge is 2.31. The highest BCUT2D eigenvalue weighted by molar-refractivity contribution is 5.79. The Bertz CT molecular complexity index is 639. The number of hydrogen-bond acceptors (Lipinski definition) is 3. The Balaban J connectivity index is 1.63. The Kier molecular flexibility index (Phi) is 5.45. The first-order valence-corrected chi connectivity index (χ1v) is 9.53. The van der Waals surface area contributed by atoms with Gasteiger partial charge in [0.05, 0.1) is 11.7 Å². The van der Waals surface area contributed by atoms with Gasteiger partial charge in [-0.05, 0) is 52.0 Å². The van der Waals surface area contributed by atoms with Gasteiger partial charge in [-0.3, -0.25) is 14.3 Å². The molecule has 2 amide bonds. The fourth-order valence-corrected chi connectivity index (χ4v) is 4.35. The summed E-state index contributed by atoms with van der Waals surface area (Å²) in [6.07, 6.45) is 5.64. The van der Waals surface area contributed by atoms with Crippen molar-refractivity contribution in [1.82, 2.24) is 19.6 Å². The number of rotatable bonds is 3. The van der Waals surface area contributed by atoms with Gasteiger partial charge in [0.1, 0.15) is 0 Å². The minimum Gasteiger partial charge on any atom is -0.340 e. The third-order valence-electron chi connectivity index (χ3n) is 5.58. The normalized spacial score (nSPS) is 24.4. The largest absolute Gasteiger partial charge is 0.340 e. The lowest BCUT2D eigenvalue weighted by Crippen LogP contribution is -2.47. The number of hydrogen-bond donors (Lipinski definition) is 0. The molecule has 2 saturated heterocycles. The fraction of sp³-hybridized carbons (Fsp3) is 0.737. The molecule has 1 aromatic heterocycles. The van der Waals surface area contributed by atoms with Gasteiger partial charge in [0.25, 0.3) is 0 Å². The second-order valence-electron chi connectivity index (χ2n) is 7.57. The summed E-state index contributed by atoms with van der Waals surface area (Å²) in [4.78, 5) is 28.6. The third kappa shape index (κ3) is 4.05. The lowest BCUT2D eigenvalue weighted by molar-refractivity contribution is -0.138. The molecule has 0 spiro atoms. The average molecular weight is 346 g/mol. The van der Waals surface area contributed by atoms with E-state index in [2.05, 4.69) is 22.8 Å². The molecule has 0 N–H and O–H groups in total.